The van der Waals surface area contributed by atoms with Crippen LogP contribution in [0.15, 0.2) is 102 Å². The summed E-state index contributed by atoms with van der Waals surface area (Å²) < 4.78 is 34.2. The molecular formula is C32H25NO5S. The lowest BCUT2D eigenvalue weighted by atomic mass is 9.93. The predicted octanol–water partition coefficient (Wildman–Crippen LogP) is 6.24. The van der Waals surface area contributed by atoms with E-state index in [1.54, 1.807) is 66.9 Å². The van der Waals surface area contributed by atoms with Crippen molar-refractivity contribution in [3.63, 3.8) is 0 Å². The third-order valence-electron chi connectivity index (χ3n) is 7.20. The highest BCUT2D eigenvalue weighted by molar-refractivity contribution is 7.90. The number of aryl methyl sites for hydroxylation is 2. The Morgan fingerprint density at radius 3 is 2.26 bits per heavy atom. The molecule has 5 aromatic rings. The number of Topliss-reactive ketones (excluding diaryl/α,β-unsaturated/α-hetero) is 2. The minimum absolute atomic E-state index is 0.166. The number of benzene rings is 4. The van der Waals surface area contributed by atoms with Crippen molar-refractivity contribution >= 4 is 32.5 Å². The standard InChI is InChI=1S/C32H25NO5S/c1-20-8-12-25(13-9-20)39(36,37)33-18-21(2)26-14-10-23(16-29(26)33)30-31(34)27-15-11-24(17-28(27)32(30)35)38-19-22-6-4-3-5-7-22/h3-18,30H,19H2,1-2H3. The van der Waals surface area contributed by atoms with Gasteiger partial charge in [0.25, 0.3) is 10.0 Å². The van der Waals surface area contributed by atoms with Crippen LogP contribution in [-0.4, -0.2) is 24.0 Å². The maximum absolute atomic E-state index is 13.5. The molecular weight excluding hydrogens is 510 g/mol. The average Bonchev–Trinajstić information content (AvgIpc) is 3.41. The van der Waals surface area contributed by atoms with Crippen LogP contribution in [0.4, 0.5) is 0 Å². The van der Waals surface area contributed by atoms with Crippen LogP contribution in [0.2, 0.25) is 0 Å². The van der Waals surface area contributed by atoms with Gasteiger partial charge in [-0.1, -0.05) is 60.2 Å². The van der Waals surface area contributed by atoms with Crippen molar-refractivity contribution in [2.75, 3.05) is 0 Å². The van der Waals surface area contributed by atoms with E-state index < -0.39 is 15.9 Å². The van der Waals surface area contributed by atoms with Gasteiger partial charge in [-0.15, -0.1) is 0 Å². The molecule has 194 valence electrons. The molecule has 0 saturated carbocycles. The van der Waals surface area contributed by atoms with Crippen LogP contribution in [0.25, 0.3) is 10.9 Å². The van der Waals surface area contributed by atoms with Gasteiger partial charge in [-0.3, -0.25) is 9.59 Å². The van der Waals surface area contributed by atoms with Crippen molar-refractivity contribution in [3.8, 4) is 5.75 Å². The van der Waals surface area contributed by atoms with E-state index in [9.17, 15) is 18.0 Å². The monoisotopic (exact) mass is 535 g/mol. The predicted molar refractivity (Wildman–Crippen MR) is 149 cm³/mol. The Kier molecular flexibility index (Phi) is 5.96. The zero-order valence-corrected chi connectivity index (χ0v) is 22.2. The molecule has 0 bridgehead atoms. The maximum Gasteiger partial charge on any atom is 0.268 e. The van der Waals surface area contributed by atoms with Crippen molar-refractivity contribution < 1.29 is 22.7 Å². The SMILES string of the molecule is Cc1ccc(S(=O)(=O)n2cc(C)c3ccc(C4C(=O)c5ccc(OCc6ccccc6)cc5C4=O)cc32)cc1. The summed E-state index contributed by atoms with van der Waals surface area (Å²) in [7, 11) is -3.89. The van der Waals surface area contributed by atoms with E-state index in [1.165, 1.54) is 3.97 Å². The molecule has 1 aliphatic carbocycles. The van der Waals surface area contributed by atoms with E-state index in [1.807, 2.05) is 44.2 Å². The summed E-state index contributed by atoms with van der Waals surface area (Å²) >= 11 is 0. The molecule has 0 fully saturated rings. The molecule has 39 heavy (non-hydrogen) atoms. The number of aromatic nitrogens is 1. The van der Waals surface area contributed by atoms with Crippen molar-refractivity contribution in [2.24, 2.45) is 0 Å². The fraction of sp³-hybridized carbons (Fsp3) is 0.125. The second-order valence-corrected chi connectivity index (χ2v) is 11.7. The number of ether oxygens (including phenoxy) is 1. The van der Waals surface area contributed by atoms with E-state index in [4.69, 9.17) is 4.74 Å². The molecule has 0 aliphatic heterocycles. The lowest BCUT2D eigenvalue weighted by Gasteiger charge is -2.11. The second kappa shape index (κ2) is 9.36. The van der Waals surface area contributed by atoms with Crippen molar-refractivity contribution in [3.05, 3.63) is 131 Å². The van der Waals surface area contributed by atoms with Crippen molar-refractivity contribution in [2.45, 2.75) is 31.3 Å². The van der Waals surface area contributed by atoms with Gasteiger partial charge < -0.3 is 4.74 Å². The van der Waals surface area contributed by atoms with E-state index in [2.05, 4.69) is 0 Å². The van der Waals surface area contributed by atoms with E-state index in [-0.39, 0.29) is 16.5 Å². The highest BCUT2D eigenvalue weighted by Crippen LogP contribution is 2.38. The van der Waals surface area contributed by atoms with Crippen molar-refractivity contribution in [1.29, 1.82) is 0 Å². The molecule has 1 atom stereocenters. The molecule has 0 amide bonds. The normalized spacial score (nSPS) is 15.1. The molecule has 1 unspecified atom stereocenters. The topological polar surface area (TPSA) is 82.4 Å². The molecule has 7 heteroatoms. The number of fused-ring (bicyclic) bond motifs is 2. The Morgan fingerprint density at radius 2 is 1.51 bits per heavy atom. The van der Waals surface area contributed by atoms with Crippen LogP contribution in [0.3, 0.4) is 0 Å². The van der Waals surface area contributed by atoms with Gasteiger partial charge in [0.1, 0.15) is 18.3 Å². The highest BCUT2D eigenvalue weighted by Gasteiger charge is 2.40. The first-order valence-corrected chi connectivity index (χ1v) is 14.0. The number of carbonyl (C=O) groups is 2. The van der Waals surface area contributed by atoms with Crippen LogP contribution >= 0.6 is 0 Å². The van der Waals surface area contributed by atoms with Gasteiger partial charge in [0, 0.05) is 22.7 Å². The van der Waals surface area contributed by atoms with Crippen LogP contribution in [0.5, 0.6) is 5.75 Å². The van der Waals surface area contributed by atoms with Crippen molar-refractivity contribution in [1.82, 2.24) is 3.97 Å². The lowest BCUT2D eigenvalue weighted by molar-refractivity contribution is 0.0890. The fourth-order valence-electron chi connectivity index (χ4n) is 5.09. The number of ketones is 2. The van der Waals surface area contributed by atoms with E-state index >= 15 is 0 Å². The lowest BCUT2D eigenvalue weighted by Crippen LogP contribution is -2.14. The quantitative estimate of drug-likeness (QED) is 0.241. The average molecular weight is 536 g/mol. The first kappa shape index (κ1) is 24.8. The Morgan fingerprint density at radius 1 is 0.795 bits per heavy atom. The summed E-state index contributed by atoms with van der Waals surface area (Å²) in [5, 5.41) is 0.737. The molecule has 1 aliphatic rings. The third kappa shape index (κ3) is 4.25. The molecule has 1 heterocycles. The molecule has 0 saturated heterocycles. The molecule has 1 aromatic heterocycles. The number of rotatable bonds is 6. The van der Waals surface area contributed by atoms with Crippen LogP contribution in [0.1, 0.15) is 48.9 Å². The van der Waals surface area contributed by atoms with E-state index in [0.29, 0.717) is 34.6 Å². The number of hydrogen-bond acceptors (Lipinski definition) is 5. The molecule has 6 nitrogen and oxygen atoms in total. The Balaban J connectivity index is 1.35. The van der Waals surface area contributed by atoms with Gasteiger partial charge in [0.05, 0.1) is 10.4 Å². The zero-order valence-electron chi connectivity index (χ0n) is 21.4. The summed E-state index contributed by atoms with van der Waals surface area (Å²) in [6.07, 6.45) is 1.58. The molecule has 6 rings (SSSR count). The second-order valence-electron chi connectivity index (χ2n) is 9.85. The zero-order chi connectivity index (χ0) is 27.3. The summed E-state index contributed by atoms with van der Waals surface area (Å²) in [5.41, 5.74) is 4.26. The minimum atomic E-state index is -3.89. The minimum Gasteiger partial charge on any atom is -0.489 e. The summed E-state index contributed by atoms with van der Waals surface area (Å²) in [6, 6.07) is 26.4. The van der Waals surface area contributed by atoms with Crippen LogP contribution < -0.4 is 4.74 Å². The van der Waals surface area contributed by atoms with E-state index in [0.717, 1.165) is 22.1 Å². The maximum atomic E-state index is 13.5. The van der Waals surface area contributed by atoms with Gasteiger partial charge in [0.2, 0.25) is 0 Å². The fourth-order valence-corrected chi connectivity index (χ4v) is 6.50. The van der Waals surface area contributed by atoms with Crippen LogP contribution in [-0.2, 0) is 16.6 Å². The van der Waals surface area contributed by atoms with Crippen LogP contribution in [0, 0.1) is 13.8 Å². The first-order chi connectivity index (χ1) is 18.7. The first-order valence-electron chi connectivity index (χ1n) is 12.6. The largest absolute Gasteiger partial charge is 0.489 e. The highest BCUT2D eigenvalue weighted by atomic mass is 32.2. The molecule has 0 spiro atoms. The number of carbonyl (C=O) groups excluding carboxylic acids is 2. The number of hydrogen-bond donors (Lipinski definition) is 0. The summed E-state index contributed by atoms with van der Waals surface area (Å²) in [5.74, 6) is -1.17. The van der Waals surface area contributed by atoms with Gasteiger partial charge in [-0.25, -0.2) is 12.4 Å². The smallest absolute Gasteiger partial charge is 0.268 e. The summed E-state index contributed by atoms with van der Waals surface area (Å²) in [4.78, 5) is 27.1. The Bertz CT molecular complexity index is 1870. The number of nitrogens with zero attached hydrogens (tertiary/aromatic N) is 1. The molecule has 0 N–H and O–H groups in total. The van der Waals surface area contributed by atoms with Gasteiger partial charge in [-0.05, 0) is 66.9 Å². The van der Waals surface area contributed by atoms with Gasteiger partial charge >= 0.3 is 0 Å². The third-order valence-corrected chi connectivity index (χ3v) is 8.89. The Labute approximate surface area is 226 Å². The van der Waals surface area contributed by atoms with Gasteiger partial charge in [-0.2, -0.15) is 0 Å². The summed E-state index contributed by atoms with van der Waals surface area (Å²) in [6.45, 7) is 4.07. The molecule has 4 aromatic carbocycles. The molecule has 0 radical (unpaired) electrons. The Hall–Kier alpha value is -4.49. The van der Waals surface area contributed by atoms with Gasteiger partial charge in [0.15, 0.2) is 11.6 Å².